The molecule has 1 unspecified atom stereocenters. The number of para-hydroxylation sites is 1. The van der Waals surface area contributed by atoms with Crippen LogP contribution in [0, 0.1) is 0 Å². The summed E-state index contributed by atoms with van der Waals surface area (Å²) in [5, 5.41) is 2.96. The Morgan fingerprint density at radius 2 is 2.05 bits per heavy atom. The molecule has 6 heteroatoms. The minimum Gasteiger partial charge on any atom is -0.496 e. The molecule has 0 aliphatic heterocycles. The van der Waals surface area contributed by atoms with Gasteiger partial charge in [0.05, 0.1) is 22.4 Å². The van der Waals surface area contributed by atoms with Gasteiger partial charge < -0.3 is 15.0 Å². The fourth-order valence-corrected chi connectivity index (χ4v) is 3.18. The molecule has 2 rings (SSSR count). The van der Waals surface area contributed by atoms with E-state index in [0.717, 1.165) is 11.3 Å². The number of rotatable bonds is 6. The predicted octanol–water partition coefficient (Wildman–Crippen LogP) is 3.44. The van der Waals surface area contributed by atoms with E-state index in [1.807, 2.05) is 38.4 Å². The van der Waals surface area contributed by atoms with Crippen LogP contribution in [0.15, 0.2) is 36.4 Å². The van der Waals surface area contributed by atoms with Crippen molar-refractivity contribution in [1.82, 2.24) is 10.2 Å². The topological polar surface area (TPSA) is 41.6 Å². The number of thiophene rings is 1. The standard InChI is InChI=1S/C16H19ClN2O2S/c1-19(2)12(11-6-4-5-7-13(11)21-3)10-18-16(20)14-8-9-15(17)22-14/h4-9,12H,10H2,1-3H3,(H,18,20). The van der Waals surface area contributed by atoms with Crippen LogP contribution >= 0.6 is 22.9 Å². The average Bonchev–Trinajstić information content (AvgIpc) is 2.94. The van der Waals surface area contributed by atoms with E-state index in [-0.39, 0.29) is 11.9 Å². The van der Waals surface area contributed by atoms with E-state index in [0.29, 0.717) is 15.8 Å². The number of hydrogen-bond acceptors (Lipinski definition) is 4. The van der Waals surface area contributed by atoms with E-state index in [2.05, 4.69) is 10.2 Å². The summed E-state index contributed by atoms with van der Waals surface area (Å²) < 4.78 is 6.03. The number of nitrogens with zero attached hydrogens (tertiary/aromatic N) is 1. The van der Waals surface area contributed by atoms with Crippen LogP contribution in [0.25, 0.3) is 0 Å². The summed E-state index contributed by atoms with van der Waals surface area (Å²) in [6, 6.07) is 11.3. The number of nitrogens with one attached hydrogen (secondary N) is 1. The summed E-state index contributed by atoms with van der Waals surface area (Å²) in [6.45, 7) is 0.488. The summed E-state index contributed by atoms with van der Waals surface area (Å²) in [4.78, 5) is 14.8. The van der Waals surface area contributed by atoms with Gasteiger partial charge in [-0.1, -0.05) is 29.8 Å². The highest BCUT2D eigenvalue weighted by atomic mass is 35.5. The molecule has 1 amide bonds. The van der Waals surface area contributed by atoms with Crippen molar-refractivity contribution in [3.63, 3.8) is 0 Å². The normalized spacial score (nSPS) is 12.2. The molecule has 0 saturated carbocycles. The molecular weight excluding hydrogens is 320 g/mol. The van der Waals surface area contributed by atoms with Gasteiger partial charge in [-0.05, 0) is 32.3 Å². The summed E-state index contributed by atoms with van der Waals surface area (Å²) in [5.41, 5.74) is 1.04. The minimum atomic E-state index is -0.112. The van der Waals surface area contributed by atoms with Crippen molar-refractivity contribution in [3.8, 4) is 5.75 Å². The first kappa shape index (κ1) is 16.8. The van der Waals surface area contributed by atoms with Crippen LogP contribution in [0.2, 0.25) is 4.34 Å². The highest BCUT2D eigenvalue weighted by Gasteiger charge is 2.19. The fraction of sp³-hybridized carbons (Fsp3) is 0.312. The van der Waals surface area contributed by atoms with Crippen LogP contribution < -0.4 is 10.1 Å². The van der Waals surface area contributed by atoms with Gasteiger partial charge in [0.2, 0.25) is 0 Å². The van der Waals surface area contributed by atoms with Crippen molar-refractivity contribution in [2.24, 2.45) is 0 Å². The minimum absolute atomic E-state index is 0.0236. The number of halogens is 1. The van der Waals surface area contributed by atoms with Crippen LogP contribution in [0.1, 0.15) is 21.3 Å². The maximum Gasteiger partial charge on any atom is 0.261 e. The zero-order valence-electron chi connectivity index (χ0n) is 12.8. The molecule has 1 aromatic heterocycles. The Morgan fingerprint density at radius 1 is 1.32 bits per heavy atom. The smallest absolute Gasteiger partial charge is 0.261 e. The third-order valence-corrected chi connectivity index (χ3v) is 4.60. The monoisotopic (exact) mass is 338 g/mol. The van der Waals surface area contributed by atoms with Gasteiger partial charge in [0.15, 0.2) is 0 Å². The first-order valence-electron chi connectivity index (χ1n) is 6.85. The number of likely N-dealkylation sites (N-methyl/N-ethyl adjacent to an activating group) is 1. The summed E-state index contributed by atoms with van der Waals surface area (Å²) in [5.74, 6) is 0.702. The van der Waals surface area contributed by atoms with Crippen LogP contribution in [-0.2, 0) is 0 Å². The SMILES string of the molecule is COc1ccccc1C(CNC(=O)c1ccc(Cl)s1)N(C)C. The molecule has 1 heterocycles. The number of carbonyl (C=O) groups excluding carboxylic acids is 1. The highest BCUT2D eigenvalue weighted by Crippen LogP contribution is 2.27. The lowest BCUT2D eigenvalue weighted by atomic mass is 10.0. The molecule has 1 N–H and O–H groups in total. The Labute approximate surface area is 139 Å². The molecule has 0 aliphatic carbocycles. The maximum absolute atomic E-state index is 12.2. The van der Waals surface area contributed by atoms with Gasteiger partial charge in [-0.3, -0.25) is 4.79 Å². The molecule has 0 saturated heterocycles. The number of carbonyl (C=O) groups is 1. The lowest BCUT2D eigenvalue weighted by molar-refractivity contribution is 0.0945. The van der Waals surface area contributed by atoms with Crippen LogP contribution in [0.5, 0.6) is 5.75 Å². The molecule has 1 aromatic carbocycles. The molecule has 0 aliphatic rings. The number of methoxy groups -OCH3 is 1. The van der Waals surface area contributed by atoms with Crippen molar-refractivity contribution >= 4 is 28.8 Å². The Morgan fingerprint density at radius 3 is 2.64 bits per heavy atom. The average molecular weight is 339 g/mol. The zero-order chi connectivity index (χ0) is 16.1. The molecule has 2 aromatic rings. The van der Waals surface area contributed by atoms with Crippen LogP contribution in [0.3, 0.4) is 0 Å². The molecule has 4 nitrogen and oxygen atoms in total. The predicted molar refractivity (Wildman–Crippen MR) is 91.1 cm³/mol. The molecule has 1 atom stereocenters. The molecular formula is C16H19ClN2O2S. The molecule has 118 valence electrons. The summed E-state index contributed by atoms with van der Waals surface area (Å²) in [6.07, 6.45) is 0. The molecule has 22 heavy (non-hydrogen) atoms. The number of ether oxygens (including phenoxy) is 1. The van der Waals surface area contributed by atoms with Crippen molar-refractivity contribution in [2.75, 3.05) is 27.7 Å². The van der Waals surface area contributed by atoms with Crippen molar-refractivity contribution in [1.29, 1.82) is 0 Å². The fourth-order valence-electron chi connectivity index (χ4n) is 2.23. The maximum atomic E-state index is 12.2. The molecule has 0 spiro atoms. The van der Waals surface area contributed by atoms with E-state index in [9.17, 15) is 4.79 Å². The number of amides is 1. The van der Waals surface area contributed by atoms with E-state index >= 15 is 0 Å². The van der Waals surface area contributed by atoms with Crippen molar-refractivity contribution in [2.45, 2.75) is 6.04 Å². The third-order valence-electron chi connectivity index (χ3n) is 3.37. The van der Waals surface area contributed by atoms with E-state index < -0.39 is 0 Å². The quantitative estimate of drug-likeness (QED) is 0.877. The van der Waals surface area contributed by atoms with E-state index in [1.54, 1.807) is 19.2 Å². The Bertz CT molecular complexity index is 643. The first-order valence-corrected chi connectivity index (χ1v) is 8.05. The number of hydrogen-bond donors (Lipinski definition) is 1. The largest absolute Gasteiger partial charge is 0.496 e. The van der Waals surface area contributed by atoms with Gasteiger partial charge in [-0.25, -0.2) is 0 Å². The van der Waals surface area contributed by atoms with Gasteiger partial charge >= 0.3 is 0 Å². The Kier molecular flexibility index (Phi) is 5.83. The van der Waals surface area contributed by atoms with Gasteiger partial charge in [-0.15, -0.1) is 11.3 Å². The Hall–Kier alpha value is -1.56. The lowest BCUT2D eigenvalue weighted by Gasteiger charge is -2.26. The van der Waals surface area contributed by atoms with Crippen molar-refractivity contribution in [3.05, 3.63) is 51.2 Å². The number of benzene rings is 1. The van der Waals surface area contributed by atoms with Crippen LogP contribution in [-0.4, -0.2) is 38.6 Å². The molecule has 0 bridgehead atoms. The second kappa shape index (κ2) is 7.63. The summed E-state index contributed by atoms with van der Waals surface area (Å²) in [7, 11) is 5.61. The Balaban J connectivity index is 2.11. The zero-order valence-corrected chi connectivity index (χ0v) is 14.4. The van der Waals surface area contributed by atoms with Gasteiger partial charge in [-0.2, -0.15) is 0 Å². The molecule has 0 fully saturated rings. The lowest BCUT2D eigenvalue weighted by Crippen LogP contribution is -2.34. The van der Waals surface area contributed by atoms with E-state index in [1.165, 1.54) is 11.3 Å². The van der Waals surface area contributed by atoms with Gasteiger partial charge in [0.1, 0.15) is 5.75 Å². The second-order valence-corrected chi connectivity index (χ2v) is 6.75. The van der Waals surface area contributed by atoms with Crippen molar-refractivity contribution < 1.29 is 9.53 Å². The summed E-state index contributed by atoms with van der Waals surface area (Å²) >= 11 is 7.14. The van der Waals surface area contributed by atoms with Gasteiger partial charge in [0, 0.05) is 12.1 Å². The first-order chi connectivity index (χ1) is 10.5. The van der Waals surface area contributed by atoms with E-state index in [4.69, 9.17) is 16.3 Å². The third kappa shape index (κ3) is 4.00. The molecule has 0 radical (unpaired) electrons. The van der Waals surface area contributed by atoms with Crippen LogP contribution in [0.4, 0.5) is 0 Å². The van der Waals surface area contributed by atoms with Gasteiger partial charge in [0.25, 0.3) is 5.91 Å². The second-order valence-electron chi connectivity index (χ2n) is 5.04. The highest BCUT2D eigenvalue weighted by molar-refractivity contribution is 7.17.